The number of hydrogen-bond donors (Lipinski definition) is 1. The van der Waals surface area contributed by atoms with Gasteiger partial charge in [-0.15, -0.1) is 28.3 Å². The normalized spacial score (nSPS) is 11.8. The fourth-order valence-corrected chi connectivity index (χ4v) is 3.30. The number of H-pyrrole nitrogens is 1. The highest BCUT2D eigenvalue weighted by atomic mass is 79.9. The van der Waals surface area contributed by atoms with Crippen molar-refractivity contribution in [1.82, 2.24) is 9.97 Å². The van der Waals surface area contributed by atoms with Crippen LogP contribution < -0.4 is 0 Å². The maximum atomic E-state index is 12.9. The first-order chi connectivity index (χ1) is 11.1. The van der Waals surface area contributed by atoms with Crippen molar-refractivity contribution in [2.45, 2.75) is 12.3 Å². The van der Waals surface area contributed by atoms with E-state index in [0.717, 1.165) is 11.0 Å². The number of methoxy groups -OCH3 is 1. The van der Waals surface area contributed by atoms with E-state index in [9.17, 15) is 4.79 Å². The van der Waals surface area contributed by atoms with Crippen molar-refractivity contribution in [2.75, 3.05) is 7.11 Å². The van der Waals surface area contributed by atoms with Crippen molar-refractivity contribution >= 4 is 74.0 Å². The molecule has 126 valence electrons. The molecule has 24 heavy (non-hydrogen) atoms. The van der Waals surface area contributed by atoms with Crippen molar-refractivity contribution < 1.29 is 9.53 Å². The molecule has 1 unspecified atom stereocenters. The summed E-state index contributed by atoms with van der Waals surface area (Å²) in [6, 6.07) is 6.80. The Hall–Kier alpha value is -1.28. The van der Waals surface area contributed by atoms with Gasteiger partial charge in [0.1, 0.15) is 5.82 Å². The lowest BCUT2D eigenvalue weighted by molar-refractivity contribution is 0.0956. The molecule has 2 heterocycles. The fraction of sp³-hybridized carbons (Fsp3) is 0.188. The minimum Gasteiger partial charge on any atom is -0.490 e. The van der Waals surface area contributed by atoms with Crippen LogP contribution in [0.4, 0.5) is 0 Å². The molecule has 8 heteroatoms. The zero-order chi connectivity index (χ0) is 16.4. The second kappa shape index (κ2) is 8.20. The predicted molar refractivity (Wildman–Crippen MR) is 107 cm³/mol. The number of Topliss-reactive ketones (excluding diaryl/α,β-unsaturated/α-hetero) is 1. The summed E-state index contributed by atoms with van der Waals surface area (Å²) < 4.78 is 5.08. The summed E-state index contributed by atoms with van der Waals surface area (Å²) in [5, 5.41) is 4.86. The van der Waals surface area contributed by atoms with E-state index in [0.29, 0.717) is 27.9 Å². The molecule has 0 bridgehead atoms. The van der Waals surface area contributed by atoms with E-state index >= 15 is 0 Å². The molecule has 0 aliphatic rings. The molecule has 0 fully saturated rings. The van der Waals surface area contributed by atoms with Gasteiger partial charge in [-0.2, -0.15) is 0 Å². The van der Waals surface area contributed by atoms with Crippen LogP contribution in [0.1, 0.15) is 28.5 Å². The highest BCUT2D eigenvalue weighted by molar-refractivity contribution is 8.93. The Bertz CT molecular complexity index is 832. The van der Waals surface area contributed by atoms with Gasteiger partial charge in [0.25, 0.3) is 0 Å². The summed E-state index contributed by atoms with van der Waals surface area (Å²) >= 11 is 12.6. The average Bonchev–Trinajstić information content (AvgIpc) is 3.14. The molecule has 1 atom stereocenters. The fourth-order valence-electron chi connectivity index (χ4n) is 2.31. The van der Waals surface area contributed by atoms with Crippen LogP contribution in [-0.4, -0.2) is 27.9 Å². The number of benzene rings is 1. The van der Waals surface area contributed by atoms with Gasteiger partial charge >= 0.3 is 0 Å². The van der Waals surface area contributed by atoms with E-state index in [1.165, 1.54) is 7.11 Å². The molecule has 1 N–H and O–H groups in total. The molecule has 0 spiro atoms. The number of imidazole rings is 1. The molecule has 3 rings (SSSR count). The van der Waals surface area contributed by atoms with Crippen LogP contribution in [0.5, 0.6) is 0 Å². The number of carbonyl (C=O) groups excluding carboxylic acids is 1. The van der Waals surface area contributed by atoms with Crippen molar-refractivity contribution in [3.05, 3.63) is 51.4 Å². The van der Waals surface area contributed by atoms with Crippen molar-refractivity contribution in [2.24, 2.45) is 0 Å². The van der Waals surface area contributed by atoms with Crippen LogP contribution in [0.2, 0.25) is 5.02 Å². The summed E-state index contributed by atoms with van der Waals surface area (Å²) in [5.41, 5.74) is 2.33. The van der Waals surface area contributed by atoms with Crippen molar-refractivity contribution in [1.29, 1.82) is 0 Å². The van der Waals surface area contributed by atoms with Gasteiger partial charge in [0.15, 0.2) is 10.8 Å². The molecule has 0 aliphatic carbocycles. The number of ether oxygens (including phenoxy) is 1. The number of thiocarbonyl (C=S) groups is 1. The van der Waals surface area contributed by atoms with Gasteiger partial charge in [0.2, 0.25) is 0 Å². The molecule has 0 radical (unpaired) electrons. The number of carbonyl (C=O) groups is 1. The Morgan fingerprint density at radius 2 is 2.08 bits per heavy atom. The lowest BCUT2D eigenvalue weighted by Crippen LogP contribution is -2.18. The Kier molecular flexibility index (Phi) is 6.51. The number of nitrogens with zero attached hydrogens (tertiary/aromatic N) is 1. The molecular formula is C16H14BrClN2O2S2. The maximum Gasteiger partial charge on any atom is 0.173 e. The lowest BCUT2D eigenvalue weighted by Gasteiger charge is -2.14. The van der Waals surface area contributed by atoms with E-state index in [1.54, 1.807) is 35.6 Å². The summed E-state index contributed by atoms with van der Waals surface area (Å²) in [6.07, 6.45) is 0.298. The Labute approximate surface area is 164 Å². The lowest BCUT2D eigenvalue weighted by atomic mass is 9.94. The first-order valence-electron chi connectivity index (χ1n) is 6.87. The van der Waals surface area contributed by atoms with Crippen LogP contribution >= 0.6 is 52.1 Å². The smallest absolute Gasteiger partial charge is 0.173 e. The van der Waals surface area contributed by atoms with Gasteiger partial charge in [0.05, 0.1) is 24.1 Å². The summed E-state index contributed by atoms with van der Waals surface area (Å²) in [5.74, 6) is 0.0179. The number of fused-ring (bicyclic) bond motifs is 1. The Morgan fingerprint density at radius 3 is 2.71 bits per heavy atom. The standard InChI is InChI=1S/C16H13ClN2O2S2.BrH/c1-21-14(22)6-11(15(20)9-2-4-10(17)5-3-9)16-18-12-7-23-8-13(12)19-16;/h2-5,7-8,11H,6H2,1H3,(H,18,19);1H. The van der Waals surface area contributed by atoms with Crippen LogP contribution in [0.15, 0.2) is 35.0 Å². The number of nitrogens with one attached hydrogen (secondary N) is 1. The topological polar surface area (TPSA) is 55.0 Å². The van der Waals surface area contributed by atoms with Gasteiger partial charge in [-0.05, 0) is 36.5 Å². The highest BCUT2D eigenvalue weighted by Gasteiger charge is 2.27. The molecule has 0 aliphatic heterocycles. The predicted octanol–water partition coefficient (Wildman–Crippen LogP) is 5.19. The third kappa shape index (κ3) is 4.03. The third-order valence-electron chi connectivity index (χ3n) is 3.52. The van der Waals surface area contributed by atoms with Gasteiger partial charge in [-0.1, -0.05) is 11.6 Å². The molecule has 0 saturated carbocycles. The first kappa shape index (κ1) is 19.1. The van der Waals surface area contributed by atoms with Crippen LogP contribution in [0, 0.1) is 0 Å². The number of thiophene rings is 1. The molecule has 0 saturated heterocycles. The minimum absolute atomic E-state index is 0. The van der Waals surface area contributed by atoms with Crippen LogP contribution in [-0.2, 0) is 4.74 Å². The van der Waals surface area contributed by atoms with Crippen LogP contribution in [0.3, 0.4) is 0 Å². The van der Waals surface area contributed by atoms with E-state index in [2.05, 4.69) is 9.97 Å². The van der Waals surface area contributed by atoms with Crippen LogP contribution in [0.25, 0.3) is 11.0 Å². The minimum atomic E-state index is -0.513. The van der Waals surface area contributed by atoms with Gasteiger partial charge in [0, 0.05) is 27.8 Å². The Balaban J connectivity index is 0.00000208. The monoisotopic (exact) mass is 444 g/mol. The van der Waals surface area contributed by atoms with Gasteiger partial charge in [-0.25, -0.2) is 4.98 Å². The average molecular weight is 446 g/mol. The second-order valence-electron chi connectivity index (χ2n) is 5.00. The van der Waals surface area contributed by atoms with Gasteiger partial charge < -0.3 is 9.72 Å². The summed E-state index contributed by atoms with van der Waals surface area (Å²) in [7, 11) is 1.51. The number of aromatic nitrogens is 2. The third-order valence-corrected chi connectivity index (χ3v) is 4.84. The molecule has 4 nitrogen and oxygen atoms in total. The summed E-state index contributed by atoms with van der Waals surface area (Å²) in [4.78, 5) is 20.6. The molecule has 1 aromatic carbocycles. The Morgan fingerprint density at radius 1 is 1.38 bits per heavy atom. The van der Waals surface area contributed by atoms with E-state index in [1.807, 2.05) is 10.8 Å². The number of rotatable bonds is 5. The zero-order valence-electron chi connectivity index (χ0n) is 12.6. The van der Waals surface area contributed by atoms with E-state index in [4.69, 9.17) is 28.6 Å². The first-order valence-corrected chi connectivity index (χ1v) is 8.60. The SMILES string of the molecule is Br.COC(=S)CC(C(=O)c1ccc(Cl)cc1)c1nc2cscc2[nH]1. The summed E-state index contributed by atoms with van der Waals surface area (Å²) in [6.45, 7) is 0. The molecular weight excluding hydrogens is 432 g/mol. The molecule has 0 amide bonds. The number of hydrogen-bond acceptors (Lipinski definition) is 5. The molecule has 3 aromatic rings. The number of ketones is 1. The zero-order valence-corrected chi connectivity index (χ0v) is 16.7. The largest absolute Gasteiger partial charge is 0.490 e. The van der Waals surface area contributed by atoms with Crippen molar-refractivity contribution in [3.63, 3.8) is 0 Å². The van der Waals surface area contributed by atoms with E-state index < -0.39 is 5.92 Å². The highest BCUT2D eigenvalue weighted by Crippen LogP contribution is 2.27. The van der Waals surface area contributed by atoms with Crippen molar-refractivity contribution in [3.8, 4) is 0 Å². The maximum absolute atomic E-state index is 12.9. The number of halogens is 2. The molecule has 2 aromatic heterocycles. The second-order valence-corrected chi connectivity index (χ2v) is 6.63. The van der Waals surface area contributed by atoms with Gasteiger partial charge in [-0.3, -0.25) is 4.79 Å². The van der Waals surface area contributed by atoms with E-state index in [-0.39, 0.29) is 22.8 Å². The number of aromatic amines is 1. The quantitative estimate of drug-likeness (QED) is 0.434.